The van der Waals surface area contributed by atoms with Crippen LogP contribution in [0.2, 0.25) is 0 Å². The van der Waals surface area contributed by atoms with Crippen LogP contribution in [-0.4, -0.2) is 15.7 Å². The molecule has 0 saturated heterocycles. The molecule has 1 N–H and O–H groups in total. The Morgan fingerprint density at radius 2 is 1.94 bits per heavy atom. The number of ether oxygens (including phenoxy) is 1. The van der Waals surface area contributed by atoms with Crippen molar-refractivity contribution in [3.63, 3.8) is 0 Å². The van der Waals surface area contributed by atoms with Crippen LogP contribution < -0.4 is 4.74 Å². The molecule has 32 heavy (non-hydrogen) atoms. The largest absolute Gasteiger partial charge is 0.508 e. The smallest absolute Gasteiger partial charge is 0.127 e. The van der Waals surface area contributed by atoms with Crippen LogP contribution in [0.5, 0.6) is 11.5 Å². The Labute approximate surface area is 194 Å². The molecule has 1 aromatic carbocycles. The molecule has 3 heteroatoms. The molecule has 3 atom stereocenters. The number of pyridine rings is 1. The first-order chi connectivity index (χ1) is 15.2. The average molecular weight is 436 g/mol. The number of hydrogen-bond acceptors (Lipinski definition) is 3. The number of benzene rings is 1. The SMILES string of the molecule is CCCCCCC(C)(C)c1cc(O)c2c(c1)OC(C)(C)[C@@H]1CC[C@@H](c3ccccn3)C[C@@H]21. The molecule has 3 nitrogen and oxygen atoms in total. The average Bonchev–Trinajstić information content (AvgIpc) is 2.76. The highest BCUT2D eigenvalue weighted by molar-refractivity contribution is 5.53. The third-order valence-corrected chi connectivity index (χ3v) is 8.15. The number of nitrogens with zero attached hydrogens (tertiary/aromatic N) is 1. The first-order valence-corrected chi connectivity index (χ1v) is 12.7. The van der Waals surface area contributed by atoms with Crippen molar-refractivity contribution in [2.75, 3.05) is 0 Å². The van der Waals surface area contributed by atoms with Gasteiger partial charge in [-0.2, -0.15) is 0 Å². The molecule has 0 amide bonds. The predicted octanol–water partition coefficient (Wildman–Crippen LogP) is 7.87. The zero-order valence-electron chi connectivity index (χ0n) is 20.7. The van der Waals surface area contributed by atoms with Gasteiger partial charge >= 0.3 is 0 Å². The minimum Gasteiger partial charge on any atom is -0.508 e. The summed E-state index contributed by atoms with van der Waals surface area (Å²) in [6.45, 7) is 11.3. The van der Waals surface area contributed by atoms with Gasteiger partial charge in [0.05, 0.1) is 0 Å². The van der Waals surface area contributed by atoms with Gasteiger partial charge in [0, 0.05) is 29.3 Å². The highest BCUT2D eigenvalue weighted by atomic mass is 16.5. The van der Waals surface area contributed by atoms with Gasteiger partial charge in [0.25, 0.3) is 0 Å². The summed E-state index contributed by atoms with van der Waals surface area (Å²) in [7, 11) is 0. The van der Waals surface area contributed by atoms with Crippen molar-refractivity contribution in [2.24, 2.45) is 5.92 Å². The lowest BCUT2D eigenvalue weighted by Crippen LogP contribution is -2.46. The Kier molecular flexibility index (Phi) is 6.56. The number of unbranched alkanes of at least 4 members (excludes halogenated alkanes) is 3. The first-order valence-electron chi connectivity index (χ1n) is 12.7. The molecule has 2 aliphatic rings. The number of rotatable bonds is 7. The number of hydrogen-bond donors (Lipinski definition) is 1. The van der Waals surface area contributed by atoms with E-state index in [0.29, 0.717) is 23.5 Å². The molecule has 1 aliphatic heterocycles. The molecule has 1 aliphatic carbocycles. The van der Waals surface area contributed by atoms with E-state index < -0.39 is 0 Å². The summed E-state index contributed by atoms with van der Waals surface area (Å²) in [6.07, 6.45) is 11.3. The van der Waals surface area contributed by atoms with Crippen LogP contribution in [-0.2, 0) is 5.41 Å². The topological polar surface area (TPSA) is 42.4 Å². The predicted molar refractivity (Wildman–Crippen MR) is 132 cm³/mol. The van der Waals surface area contributed by atoms with E-state index in [-0.39, 0.29) is 11.0 Å². The lowest BCUT2D eigenvalue weighted by molar-refractivity contribution is -0.0107. The van der Waals surface area contributed by atoms with E-state index in [1.165, 1.54) is 36.9 Å². The van der Waals surface area contributed by atoms with Crippen LogP contribution in [0, 0.1) is 5.92 Å². The third-order valence-electron chi connectivity index (χ3n) is 8.15. The maximum absolute atomic E-state index is 11.3. The van der Waals surface area contributed by atoms with Gasteiger partial charge in [0.1, 0.15) is 17.1 Å². The van der Waals surface area contributed by atoms with E-state index in [9.17, 15) is 5.11 Å². The van der Waals surface area contributed by atoms with E-state index >= 15 is 0 Å². The quantitative estimate of drug-likeness (QED) is 0.450. The van der Waals surface area contributed by atoms with Crippen LogP contribution in [0.15, 0.2) is 36.5 Å². The number of phenolic OH excluding ortho intramolecular Hbond substituents is 1. The van der Waals surface area contributed by atoms with Gasteiger partial charge in [-0.15, -0.1) is 0 Å². The van der Waals surface area contributed by atoms with E-state index in [1.54, 1.807) is 0 Å². The molecule has 0 bridgehead atoms. The minimum absolute atomic E-state index is 0.0215. The minimum atomic E-state index is -0.233. The van der Waals surface area contributed by atoms with Crippen LogP contribution >= 0.6 is 0 Å². The Hall–Kier alpha value is -2.03. The van der Waals surface area contributed by atoms with E-state index in [0.717, 1.165) is 37.0 Å². The van der Waals surface area contributed by atoms with E-state index in [2.05, 4.69) is 57.8 Å². The summed E-state index contributed by atoms with van der Waals surface area (Å²) in [5.41, 5.74) is 3.19. The fourth-order valence-corrected chi connectivity index (χ4v) is 6.16. The maximum atomic E-state index is 11.3. The summed E-state index contributed by atoms with van der Waals surface area (Å²) in [6, 6.07) is 10.5. The van der Waals surface area contributed by atoms with Crippen molar-refractivity contribution >= 4 is 0 Å². The molecule has 0 radical (unpaired) electrons. The molecule has 1 aromatic heterocycles. The molecule has 0 spiro atoms. The van der Waals surface area contributed by atoms with E-state index in [4.69, 9.17) is 4.74 Å². The fourth-order valence-electron chi connectivity index (χ4n) is 6.16. The number of aromatic nitrogens is 1. The second-order valence-electron chi connectivity index (χ2n) is 11.3. The van der Waals surface area contributed by atoms with Gasteiger partial charge in [-0.25, -0.2) is 0 Å². The molecule has 1 fully saturated rings. The van der Waals surface area contributed by atoms with Gasteiger partial charge in [-0.1, -0.05) is 52.5 Å². The van der Waals surface area contributed by atoms with Crippen molar-refractivity contribution in [2.45, 2.75) is 109 Å². The van der Waals surface area contributed by atoms with Crippen LogP contribution in [0.1, 0.15) is 115 Å². The van der Waals surface area contributed by atoms with Crippen LogP contribution in [0.25, 0.3) is 0 Å². The second kappa shape index (κ2) is 9.08. The Bertz CT molecular complexity index is 918. The van der Waals surface area contributed by atoms with E-state index in [1.807, 2.05) is 18.3 Å². The summed E-state index contributed by atoms with van der Waals surface area (Å²) >= 11 is 0. The van der Waals surface area contributed by atoms with Gasteiger partial charge in [-0.3, -0.25) is 4.98 Å². The van der Waals surface area contributed by atoms with Crippen molar-refractivity contribution in [3.05, 3.63) is 53.3 Å². The molecule has 4 rings (SSSR count). The molecule has 0 unspecified atom stereocenters. The number of fused-ring (bicyclic) bond motifs is 3. The molecular formula is C29H41NO2. The van der Waals surface area contributed by atoms with Crippen molar-refractivity contribution in [1.29, 1.82) is 0 Å². The first kappa shape index (κ1) is 23.1. The van der Waals surface area contributed by atoms with Crippen molar-refractivity contribution in [1.82, 2.24) is 4.98 Å². The lowest BCUT2D eigenvalue weighted by atomic mass is 9.63. The van der Waals surface area contributed by atoms with Crippen LogP contribution in [0.3, 0.4) is 0 Å². The van der Waals surface area contributed by atoms with Gasteiger partial charge in [0.2, 0.25) is 0 Å². The van der Waals surface area contributed by atoms with Crippen molar-refractivity contribution < 1.29 is 9.84 Å². The third kappa shape index (κ3) is 4.54. The fraction of sp³-hybridized carbons (Fsp3) is 0.621. The lowest BCUT2D eigenvalue weighted by Gasteiger charge is -2.49. The number of phenols is 1. The van der Waals surface area contributed by atoms with Crippen molar-refractivity contribution in [3.8, 4) is 11.5 Å². The normalized spacial score (nSPS) is 24.3. The Morgan fingerprint density at radius 3 is 2.66 bits per heavy atom. The summed E-state index contributed by atoms with van der Waals surface area (Å²) in [5.74, 6) is 2.47. The maximum Gasteiger partial charge on any atom is 0.127 e. The molecule has 1 saturated carbocycles. The molecule has 2 aromatic rings. The molecule has 174 valence electrons. The Morgan fingerprint density at radius 1 is 1.12 bits per heavy atom. The zero-order chi connectivity index (χ0) is 22.9. The highest BCUT2D eigenvalue weighted by Crippen LogP contribution is 2.57. The second-order valence-corrected chi connectivity index (χ2v) is 11.3. The van der Waals surface area contributed by atoms with Crippen LogP contribution in [0.4, 0.5) is 0 Å². The summed E-state index contributed by atoms with van der Waals surface area (Å²) < 4.78 is 6.61. The Balaban J connectivity index is 1.64. The summed E-state index contributed by atoms with van der Waals surface area (Å²) in [5, 5.41) is 11.3. The van der Waals surface area contributed by atoms with Gasteiger partial charge < -0.3 is 9.84 Å². The van der Waals surface area contributed by atoms with Gasteiger partial charge in [-0.05, 0) is 80.7 Å². The zero-order valence-corrected chi connectivity index (χ0v) is 20.7. The van der Waals surface area contributed by atoms with Gasteiger partial charge in [0.15, 0.2) is 0 Å². The summed E-state index contributed by atoms with van der Waals surface area (Å²) in [4.78, 5) is 4.65. The monoisotopic (exact) mass is 435 g/mol. The molecule has 2 heterocycles. The highest BCUT2D eigenvalue weighted by Gasteiger charge is 2.48. The number of aromatic hydroxyl groups is 1. The standard InChI is InChI=1S/C29H41NO2/c1-6-7-8-10-15-28(2,3)21-18-25(31)27-22-17-20(24-12-9-11-16-30-24)13-14-23(22)29(4,5)32-26(27)19-21/h9,11-12,16,18-20,22-23,31H,6-8,10,13-15,17H2,1-5H3/t20-,22-,23-/m1/s1. The molecular weight excluding hydrogens is 394 g/mol.